The van der Waals surface area contributed by atoms with Crippen molar-refractivity contribution in [1.82, 2.24) is 0 Å². The normalized spacial score (nSPS) is 25.0. The molecule has 0 heterocycles. The molecule has 0 saturated carbocycles. The van der Waals surface area contributed by atoms with Crippen LogP contribution < -0.4 is 9.47 Å². The molecule has 3 aliphatic rings. The van der Waals surface area contributed by atoms with E-state index in [1.807, 2.05) is 0 Å². The van der Waals surface area contributed by atoms with Crippen molar-refractivity contribution < 1.29 is 9.47 Å². The van der Waals surface area contributed by atoms with Crippen LogP contribution in [0, 0.1) is 22.7 Å². The van der Waals surface area contributed by atoms with Crippen molar-refractivity contribution in [3.8, 4) is 11.5 Å². The molecule has 0 bridgehead atoms. The van der Waals surface area contributed by atoms with Crippen molar-refractivity contribution in [3.05, 3.63) is 70.8 Å². The number of fused-ring (bicyclic) bond motifs is 4. The van der Waals surface area contributed by atoms with Crippen LogP contribution in [0.5, 0.6) is 11.5 Å². The minimum absolute atomic E-state index is 0.0521. The largest absolute Gasteiger partial charge is 0.497 e. The van der Waals surface area contributed by atoms with Gasteiger partial charge in [-0.2, -0.15) is 0 Å². The molecule has 5 rings (SSSR count). The lowest BCUT2D eigenvalue weighted by atomic mass is 9.51. The number of ether oxygens (including phenoxy) is 2. The van der Waals surface area contributed by atoms with E-state index in [9.17, 15) is 0 Å². The predicted octanol–water partition coefficient (Wildman–Crippen LogP) is 6.58. The first-order valence-corrected chi connectivity index (χ1v) is 11.0. The monoisotopic (exact) mass is 400 g/mol. The van der Waals surface area contributed by atoms with Crippen LogP contribution >= 0.6 is 0 Å². The van der Waals surface area contributed by atoms with Gasteiger partial charge in [0, 0.05) is 0 Å². The zero-order chi connectivity index (χ0) is 21.3. The summed E-state index contributed by atoms with van der Waals surface area (Å²) >= 11 is 0. The van der Waals surface area contributed by atoms with Crippen molar-refractivity contribution in [1.29, 1.82) is 0 Å². The third-order valence-corrected chi connectivity index (χ3v) is 7.82. The summed E-state index contributed by atoms with van der Waals surface area (Å²) < 4.78 is 11.1. The number of hydrogen-bond acceptors (Lipinski definition) is 2. The van der Waals surface area contributed by atoms with Crippen molar-refractivity contribution in [2.24, 2.45) is 22.7 Å². The van der Waals surface area contributed by atoms with Crippen molar-refractivity contribution in [3.63, 3.8) is 0 Å². The van der Waals surface area contributed by atoms with Crippen LogP contribution in [0.25, 0.3) is 11.1 Å². The molecule has 2 aromatic rings. The smallest absolute Gasteiger partial charge is 0.119 e. The number of rotatable bonds is 3. The van der Waals surface area contributed by atoms with Gasteiger partial charge in [-0.25, -0.2) is 0 Å². The quantitative estimate of drug-likeness (QED) is 0.579. The molecule has 0 aromatic heterocycles. The molecule has 0 saturated heterocycles. The average molecular weight is 401 g/mol. The van der Waals surface area contributed by atoms with E-state index >= 15 is 0 Å². The lowest BCUT2D eigenvalue weighted by Crippen LogP contribution is -2.44. The highest BCUT2D eigenvalue weighted by Gasteiger charge is 2.53. The Labute approximate surface area is 180 Å². The van der Waals surface area contributed by atoms with Gasteiger partial charge in [0.25, 0.3) is 0 Å². The Morgan fingerprint density at radius 2 is 1.40 bits per heavy atom. The lowest BCUT2D eigenvalue weighted by Gasteiger charge is -2.52. The molecule has 2 nitrogen and oxygen atoms in total. The molecule has 0 N–H and O–H groups in total. The maximum Gasteiger partial charge on any atom is 0.119 e. The second-order valence-corrected chi connectivity index (χ2v) is 10.3. The van der Waals surface area contributed by atoms with E-state index in [-0.39, 0.29) is 10.8 Å². The maximum absolute atomic E-state index is 5.56. The van der Waals surface area contributed by atoms with Crippen molar-refractivity contribution in [2.75, 3.05) is 14.2 Å². The molecule has 30 heavy (non-hydrogen) atoms. The van der Waals surface area contributed by atoms with Gasteiger partial charge in [0.1, 0.15) is 11.5 Å². The molecule has 0 aliphatic heterocycles. The Morgan fingerprint density at radius 1 is 0.800 bits per heavy atom. The molecule has 0 radical (unpaired) electrons. The molecule has 0 amide bonds. The molecule has 0 spiro atoms. The van der Waals surface area contributed by atoms with E-state index in [4.69, 9.17) is 9.47 Å². The van der Waals surface area contributed by atoms with Gasteiger partial charge in [-0.05, 0) is 93.2 Å². The van der Waals surface area contributed by atoms with E-state index in [0.717, 1.165) is 24.3 Å². The zero-order valence-electron chi connectivity index (χ0n) is 19.0. The summed E-state index contributed by atoms with van der Waals surface area (Å²) in [6.07, 6.45) is 7.18. The van der Waals surface area contributed by atoms with Gasteiger partial charge in [0.2, 0.25) is 0 Å². The standard InChI is InChI=1S/C28H32O2/c1-27(2)16-24-23-15-20(30-6)11-8-18(23)13-25(24)28(3,4)26(27)21-12-9-17-7-10-19(29-5)14-22(17)21/h7-8,10-12,14-16,25-26H,9,13H2,1-6H3. The molecule has 2 heteroatoms. The molecular weight excluding hydrogens is 368 g/mol. The predicted molar refractivity (Wildman–Crippen MR) is 124 cm³/mol. The van der Waals surface area contributed by atoms with Gasteiger partial charge < -0.3 is 9.47 Å². The number of methoxy groups -OCH3 is 2. The maximum atomic E-state index is 5.56. The van der Waals surface area contributed by atoms with E-state index in [1.165, 1.54) is 33.4 Å². The molecule has 0 fully saturated rings. The molecule has 2 atom stereocenters. The SMILES string of the molecule is COc1ccc2c(c1)C1=CC(C)(C)C(C3=CCc4ccc(OC)cc43)C(C)(C)C1C2. The summed E-state index contributed by atoms with van der Waals surface area (Å²) in [4.78, 5) is 0. The van der Waals surface area contributed by atoms with E-state index in [0.29, 0.717) is 11.8 Å². The van der Waals surface area contributed by atoms with Crippen LogP contribution in [0.15, 0.2) is 48.6 Å². The molecular formula is C28H32O2. The van der Waals surface area contributed by atoms with Gasteiger partial charge in [-0.3, -0.25) is 0 Å². The fourth-order valence-electron chi connectivity index (χ4n) is 6.67. The third-order valence-electron chi connectivity index (χ3n) is 7.82. The van der Waals surface area contributed by atoms with Gasteiger partial charge >= 0.3 is 0 Å². The third kappa shape index (κ3) is 2.69. The number of allylic oxidation sites excluding steroid dienone is 4. The first-order chi connectivity index (χ1) is 14.3. The Bertz CT molecular complexity index is 1080. The summed E-state index contributed by atoms with van der Waals surface area (Å²) in [7, 11) is 3.51. The van der Waals surface area contributed by atoms with Crippen LogP contribution in [0.2, 0.25) is 0 Å². The molecule has 2 unspecified atom stereocenters. The molecule has 3 aliphatic carbocycles. The summed E-state index contributed by atoms with van der Waals surface area (Å²) in [6, 6.07) is 13.2. The minimum atomic E-state index is 0.0521. The van der Waals surface area contributed by atoms with Crippen LogP contribution in [-0.2, 0) is 12.8 Å². The topological polar surface area (TPSA) is 18.5 Å². The zero-order valence-corrected chi connectivity index (χ0v) is 19.0. The van der Waals surface area contributed by atoms with Gasteiger partial charge in [0.05, 0.1) is 14.2 Å². The van der Waals surface area contributed by atoms with Gasteiger partial charge in [0.15, 0.2) is 0 Å². The Balaban J connectivity index is 1.63. The van der Waals surface area contributed by atoms with Crippen LogP contribution in [0.1, 0.15) is 49.9 Å². The summed E-state index contributed by atoms with van der Waals surface area (Å²) in [5.74, 6) is 2.87. The Kier molecular flexibility index (Phi) is 4.23. The molecule has 2 aromatic carbocycles. The first-order valence-electron chi connectivity index (χ1n) is 11.0. The second-order valence-electron chi connectivity index (χ2n) is 10.3. The Morgan fingerprint density at radius 3 is 2.03 bits per heavy atom. The summed E-state index contributed by atoms with van der Waals surface area (Å²) in [5, 5.41) is 0. The highest BCUT2D eigenvalue weighted by atomic mass is 16.5. The lowest BCUT2D eigenvalue weighted by molar-refractivity contribution is 0.105. The van der Waals surface area contributed by atoms with E-state index in [2.05, 4.69) is 76.2 Å². The van der Waals surface area contributed by atoms with E-state index in [1.54, 1.807) is 14.2 Å². The number of hydrogen-bond donors (Lipinski definition) is 0. The van der Waals surface area contributed by atoms with Crippen LogP contribution in [0.3, 0.4) is 0 Å². The molecule has 156 valence electrons. The van der Waals surface area contributed by atoms with Gasteiger partial charge in [-0.1, -0.05) is 52.0 Å². The first kappa shape index (κ1) is 19.5. The van der Waals surface area contributed by atoms with Gasteiger partial charge in [-0.15, -0.1) is 0 Å². The van der Waals surface area contributed by atoms with Crippen LogP contribution in [-0.4, -0.2) is 14.2 Å². The van der Waals surface area contributed by atoms with E-state index < -0.39 is 0 Å². The summed E-state index contributed by atoms with van der Waals surface area (Å²) in [5.41, 5.74) is 8.86. The average Bonchev–Trinajstić information content (AvgIpc) is 3.28. The highest BCUT2D eigenvalue weighted by molar-refractivity contribution is 5.82. The fourth-order valence-corrected chi connectivity index (χ4v) is 6.67. The minimum Gasteiger partial charge on any atom is -0.497 e. The summed E-state index contributed by atoms with van der Waals surface area (Å²) in [6.45, 7) is 9.80. The van der Waals surface area contributed by atoms with Crippen LogP contribution in [0.4, 0.5) is 0 Å². The van der Waals surface area contributed by atoms with Crippen molar-refractivity contribution >= 4 is 11.1 Å². The number of benzene rings is 2. The highest BCUT2D eigenvalue weighted by Crippen LogP contribution is 2.63. The Hall–Kier alpha value is -2.48. The fraction of sp³-hybridized carbons (Fsp3) is 0.429. The van der Waals surface area contributed by atoms with Crippen molar-refractivity contribution in [2.45, 2.75) is 40.5 Å². The second kappa shape index (κ2) is 6.51.